The minimum atomic E-state index is -5.22. The number of nitrogens with two attached hydrogens (primary N) is 3. The van der Waals surface area contributed by atoms with E-state index in [9.17, 15) is 19.6 Å². The zero-order valence-electron chi connectivity index (χ0n) is 12.4. The van der Waals surface area contributed by atoms with E-state index in [2.05, 4.69) is 11.1 Å². The third-order valence-corrected chi connectivity index (χ3v) is 3.73. The molecule has 5 atom stereocenters. The molecule has 0 amide bonds. The van der Waals surface area contributed by atoms with E-state index in [1.54, 1.807) is 0 Å². The summed E-state index contributed by atoms with van der Waals surface area (Å²) in [6.07, 6.45) is -5.38. The van der Waals surface area contributed by atoms with Crippen molar-refractivity contribution in [3.8, 4) is 0 Å². The SMILES string of the molecule is C=CC(N)C(=O)[C@@](N)(CCN)[C@@H](OP(=O)(O)O)[C@H](O)[C@H](O)CO. The van der Waals surface area contributed by atoms with Crippen molar-refractivity contribution in [2.24, 2.45) is 17.2 Å². The van der Waals surface area contributed by atoms with E-state index in [1.165, 1.54) is 0 Å². The number of rotatable bonds is 11. The highest BCUT2D eigenvalue weighted by molar-refractivity contribution is 7.46. The lowest BCUT2D eigenvalue weighted by Crippen LogP contribution is -2.67. The fourth-order valence-corrected chi connectivity index (χ4v) is 2.59. The molecule has 0 heterocycles. The van der Waals surface area contributed by atoms with Crippen molar-refractivity contribution in [2.45, 2.75) is 36.3 Å². The van der Waals surface area contributed by atoms with E-state index in [4.69, 9.17) is 32.1 Å². The monoisotopic (exact) mass is 357 g/mol. The van der Waals surface area contributed by atoms with Gasteiger partial charge in [0.25, 0.3) is 0 Å². The van der Waals surface area contributed by atoms with Gasteiger partial charge in [-0.05, 0) is 13.0 Å². The van der Waals surface area contributed by atoms with Gasteiger partial charge < -0.3 is 42.3 Å². The van der Waals surface area contributed by atoms with Crippen LogP contribution >= 0.6 is 7.82 Å². The zero-order valence-corrected chi connectivity index (χ0v) is 13.2. The molecule has 0 aromatic heterocycles. The molecule has 23 heavy (non-hydrogen) atoms. The Balaban J connectivity index is 5.95. The number of phosphoric ester groups is 1. The highest BCUT2D eigenvalue weighted by Crippen LogP contribution is 2.41. The first kappa shape index (κ1) is 22.3. The van der Waals surface area contributed by atoms with Crippen LogP contribution in [0.15, 0.2) is 12.7 Å². The van der Waals surface area contributed by atoms with Crippen molar-refractivity contribution >= 4 is 13.6 Å². The average Bonchev–Trinajstić information content (AvgIpc) is 2.48. The number of carbonyl (C=O) groups excluding carboxylic acids is 1. The van der Waals surface area contributed by atoms with Gasteiger partial charge in [0.15, 0.2) is 5.78 Å². The molecule has 0 spiro atoms. The van der Waals surface area contributed by atoms with E-state index in [-0.39, 0.29) is 13.0 Å². The summed E-state index contributed by atoms with van der Waals surface area (Å²) in [7, 11) is -5.22. The molecule has 0 bridgehead atoms. The number of hydrogen-bond donors (Lipinski definition) is 8. The van der Waals surface area contributed by atoms with Crippen LogP contribution in [0.2, 0.25) is 0 Å². The fraction of sp³-hybridized carbons (Fsp3) is 0.727. The molecule has 136 valence electrons. The first-order valence-electron chi connectivity index (χ1n) is 6.57. The predicted molar refractivity (Wildman–Crippen MR) is 79.8 cm³/mol. The van der Waals surface area contributed by atoms with Crippen molar-refractivity contribution in [3.05, 3.63) is 12.7 Å². The maximum atomic E-state index is 12.4. The largest absolute Gasteiger partial charge is 0.470 e. The minimum absolute atomic E-state index is 0.213. The Bertz CT molecular complexity index is 459. The molecule has 11 N–H and O–H groups in total. The maximum Gasteiger partial charge on any atom is 0.470 e. The molecule has 0 aromatic carbocycles. The lowest BCUT2D eigenvalue weighted by molar-refractivity contribution is -0.138. The smallest absolute Gasteiger partial charge is 0.394 e. The van der Waals surface area contributed by atoms with Gasteiger partial charge in [0.2, 0.25) is 0 Å². The second-order valence-corrected chi connectivity index (χ2v) is 6.15. The molecule has 0 aliphatic rings. The van der Waals surface area contributed by atoms with Crippen LogP contribution < -0.4 is 17.2 Å². The number of phosphoric acid groups is 1. The number of ketones is 1. The Morgan fingerprint density at radius 1 is 1.39 bits per heavy atom. The Hall–Kier alpha value is -0.720. The van der Waals surface area contributed by atoms with Gasteiger partial charge in [0.1, 0.15) is 23.9 Å². The van der Waals surface area contributed by atoms with E-state index in [1.807, 2.05) is 0 Å². The molecule has 11 nitrogen and oxygen atoms in total. The molecule has 0 aliphatic carbocycles. The van der Waals surface area contributed by atoms with Crippen LogP contribution in [0.5, 0.6) is 0 Å². The van der Waals surface area contributed by atoms with E-state index >= 15 is 0 Å². The second kappa shape index (κ2) is 8.94. The fourth-order valence-electron chi connectivity index (χ4n) is 1.98. The van der Waals surface area contributed by atoms with Gasteiger partial charge in [-0.3, -0.25) is 9.32 Å². The van der Waals surface area contributed by atoms with E-state index < -0.39 is 50.1 Å². The van der Waals surface area contributed by atoms with Gasteiger partial charge >= 0.3 is 7.82 Å². The minimum Gasteiger partial charge on any atom is -0.394 e. The van der Waals surface area contributed by atoms with Crippen molar-refractivity contribution in [1.82, 2.24) is 0 Å². The Kier molecular flexibility index (Phi) is 8.66. The highest BCUT2D eigenvalue weighted by atomic mass is 31.2. The first-order chi connectivity index (χ1) is 10.4. The highest BCUT2D eigenvalue weighted by Gasteiger charge is 2.51. The molecule has 0 saturated carbocycles. The van der Waals surface area contributed by atoms with E-state index in [0.717, 1.165) is 6.08 Å². The van der Waals surface area contributed by atoms with Crippen molar-refractivity contribution in [3.63, 3.8) is 0 Å². The molecule has 0 radical (unpaired) electrons. The third kappa shape index (κ3) is 6.01. The lowest BCUT2D eigenvalue weighted by atomic mass is 9.79. The molecular weight excluding hydrogens is 333 g/mol. The van der Waals surface area contributed by atoms with Gasteiger partial charge in [-0.2, -0.15) is 0 Å². The van der Waals surface area contributed by atoms with Crippen molar-refractivity contribution in [2.75, 3.05) is 13.2 Å². The molecule has 0 rings (SSSR count). The van der Waals surface area contributed by atoms with E-state index in [0.29, 0.717) is 0 Å². The molecule has 0 aromatic rings. The van der Waals surface area contributed by atoms with Crippen LogP contribution in [0.3, 0.4) is 0 Å². The molecule has 0 saturated heterocycles. The van der Waals surface area contributed by atoms with Crippen molar-refractivity contribution in [1.29, 1.82) is 0 Å². The van der Waals surface area contributed by atoms with Gasteiger partial charge in [0, 0.05) is 0 Å². The van der Waals surface area contributed by atoms with Crippen LogP contribution in [-0.2, 0) is 13.9 Å². The molecule has 0 aliphatic heterocycles. The maximum absolute atomic E-state index is 12.4. The molecule has 12 heteroatoms. The van der Waals surface area contributed by atoms with Crippen LogP contribution in [0, 0.1) is 0 Å². The topological polar surface area (TPSA) is 223 Å². The van der Waals surface area contributed by atoms with Crippen LogP contribution in [0.25, 0.3) is 0 Å². The third-order valence-electron chi connectivity index (χ3n) is 3.22. The van der Waals surface area contributed by atoms with Crippen LogP contribution in [-0.4, -0.2) is 73.9 Å². The standard InChI is InChI=1S/C11H24N3O8P/c1-2-6(13)9(18)11(14,3-4-12)10(22-23(19,20)21)8(17)7(16)5-15/h2,6-8,10,15-17H,1,3-5,12-14H2,(H2,19,20,21)/t6?,7-,8-,10+,11+/m1/s1. The number of aliphatic hydroxyl groups excluding tert-OH is 3. The lowest BCUT2D eigenvalue weighted by Gasteiger charge is -2.40. The average molecular weight is 357 g/mol. The summed E-state index contributed by atoms with van der Waals surface area (Å²) in [5, 5.41) is 28.4. The number of carbonyl (C=O) groups is 1. The summed E-state index contributed by atoms with van der Waals surface area (Å²) >= 11 is 0. The Morgan fingerprint density at radius 2 is 1.91 bits per heavy atom. The number of aliphatic hydroxyl groups is 3. The van der Waals surface area contributed by atoms with Crippen molar-refractivity contribution < 1.29 is 39.0 Å². The van der Waals surface area contributed by atoms with Crippen LogP contribution in [0.4, 0.5) is 0 Å². The number of Topliss-reactive ketones (excluding diaryl/α,β-unsaturated/α-hetero) is 1. The summed E-state index contributed by atoms with van der Waals surface area (Å²) in [4.78, 5) is 30.3. The summed E-state index contributed by atoms with van der Waals surface area (Å²) in [6, 6.07) is -1.33. The summed E-state index contributed by atoms with van der Waals surface area (Å²) in [5.41, 5.74) is 14.5. The zero-order chi connectivity index (χ0) is 18.4. The first-order valence-corrected chi connectivity index (χ1v) is 8.10. The molecule has 0 fully saturated rings. The second-order valence-electron chi connectivity index (χ2n) is 4.96. The molecular formula is C11H24N3O8P. The van der Waals surface area contributed by atoms with Gasteiger partial charge in [-0.25, -0.2) is 4.57 Å². The summed E-state index contributed by atoms with van der Waals surface area (Å²) in [6.45, 7) is 2.12. The molecule has 1 unspecified atom stereocenters. The predicted octanol–water partition coefficient (Wildman–Crippen LogP) is -3.69. The summed E-state index contributed by atoms with van der Waals surface area (Å²) in [5.74, 6) is -0.958. The van der Waals surface area contributed by atoms with Gasteiger partial charge in [-0.1, -0.05) is 6.08 Å². The Morgan fingerprint density at radius 3 is 2.26 bits per heavy atom. The number of hydrogen-bond acceptors (Lipinski definition) is 9. The van der Waals surface area contributed by atoms with Crippen LogP contribution in [0.1, 0.15) is 6.42 Å². The quantitative estimate of drug-likeness (QED) is 0.133. The van der Waals surface area contributed by atoms with Gasteiger partial charge in [-0.15, -0.1) is 6.58 Å². The normalized spacial score (nSPS) is 20.2. The summed E-state index contributed by atoms with van der Waals surface area (Å²) < 4.78 is 15.5. The van der Waals surface area contributed by atoms with Gasteiger partial charge in [0.05, 0.1) is 12.6 Å². The Labute approximate surface area is 133 Å².